The number of hydrogen-bond acceptors (Lipinski definition) is 4. The van der Waals surface area contributed by atoms with Gasteiger partial charge in [-0.2, -0.15) is 0 Å². The highest BCUT2D eigenvalue weighted by molar-refractivity contribution is 5.98. The van der Waals surface area contributed by atoms with E-state index < -0.39 is 0 Å². The third kappa shape index (κ3) is 3.05. The molecule has 6 nitrogen and oxygen atoms in total. The molecule has 1 aromatic carbocycles. The molecule has 2 amide bonds. The molecule has 0 N–H and O–H groups in total. The Labute approximate surface area is 142 Å². The van der Waals surface area contributed by atoms with Crippen molar-refractivity contribution >= 4 is 11.8 Å². The van der Waals surface area contributed by atoms with Crippen molar-refractivity contribution in [2.24, 2.45) is 11.8 Å². The van der Waals surface area contributed by atoms with Gasteiger partial charge < -0.3 is 19.3 Å². The van der Waals surface area contributed by atoms with Gasteiger partial charge >= 0.3 is 0 Å². The van der Waals surface area contributed by atoms with Gasteiger partial charge in [0.05, 0.1) is 19.8 Å². The van der Waals surface area contributed by atoms with Gasteiger partial charge in [-0.05, 0) is 24.5 Å². The van der Waals surface area contributed by atoms with E-state index in [1.807, 2.05) is 4.90 Å². The molecule has 0 spiro atoms. The zero-order valence-electron chi connectivity index (χ0n) is 14.4. The molecule has 2 unspecified atom stereocenters. The molecule has 2 fully saturated rings. The van der Waals surface area contributed by atoms with Crippen LogP contribution in [0.3, 0.4) is 0 Å². The summed E-state index contributed by atoms with van der Waals surface area (Å²) in [6.45, 7) is 4.40. The first-order valence-electron chi connectivity index (χ1n) is 8.35. The van der Waals surface area contributed by atoms with Crippen molar-refractivity contribution in [1.29, 1.82) is 0 Å². The van der Waals surface area contributed by atoms with E-state index in [0.29, 0.717) is 49.2 Å². The van der Waals surface area contributed by atoms with Crippen molar-refractivity contribution in [1.82, 2.24) is 9.80 Å². The second-order valence-electron chi connectivity index (χ2n) is 6.48. The lowest BCUT2D eigenvalue weighted by atomic mass is 10.1. The van der Waals surface area contributed by atoms with E-state index in [4.69, 9.17) is 9.47 Å². The second-order valence-corrected chi connectivity index (χ2v) is 6.48. The minimum atomic E-state index is -0.0855. The highest BCUT2D eigenvalue weighted by Crippen LogP contribution is 2.39. The van der Waals surface area contributed by atoms with Crippen LogP contribution < -0.4 is 9.47 Å². The first-order chi connectivity index (χ1) is 11.6. The fourth-order valence-electron chi connectivity index (χ4n) is 3.26. The van der Waals surface area contributed by atoms with E-state index in [9.17, 15) is 9.59 Å². The van der Waals surface area contributed by atoms with Gasteiger partial charge in [-0.25, -0.2) is 0 Å². The van der Waals surface area contributed by atoms with Gasteiger partial charge in [0.2, 0.25) is 5.91 Å². The molecular formula is C18H24N2O4. The molecule has 0 aromatic heterocycles. The minimum absolute atomic E-state index is 0.0855. The summed E-state index contributed by atoms with van der Waals surface area (Å²) in [5.41, 5.74) is 0.493. The summed E-state index contributed by atoms with van der Waals surface area (Å²) in [5.74, 6) is 1.87. The fraction of sp³-hybridized carbons (Fsp3) is 0.556. The van der Waals surface area contributed by atoms with Crippen molar-refractivity contribution in [3.63, 3.8) is 0 Å². The maximum atomic E-state index is 12.8. The van der Waals surface area contributed by atoms with E-state index in [1.54, 1.807) is 30.2 Å². The number of benzene rings is 1. The molecule has 1 heterocycles. The normalized spacial score (nSPS) is 23.0. The van der Waals surface area contributed by atoms with Gasteiger partial charge in [0.15, 0.2) is 11.5 Å². The van der Waals surface area contributed by atoms with Crippen molar-refractivity contribution in [3.05, 3.63) is 23.8 Å². The van der Waals surface area contributed by atoms with E-state index in [-0.39, 0.29) is 17.7 Å². The van der Waals surface area contributed by atoms with Crippen LogP contribution in [-0.2, 0) is 4.79 Å². The van der Waals surface area contributed by atoms with Crippen LogP contribution in [0.5, 0.6) is 11.5 Å². The van der Waals surface area contributed by atoms with Crippen LogP contribution in [0.2, 0.25) is 0 Å². The Morgan fingerprint density at radius 3 is 2.21 bits per heavy atom. The molecule has 0 radical (unpaired) electrons. The molecule has 1 saturated carbocycles. The lowest BCUT2D eigenvalue weighted by Crippen LogP contribution is -2.51. The number of nitrogens with zero attached hydrogens (tertiary/aromatic N) is 2. The number of para-hydroxylation sites is 1. The van der Waals surface area contributed by atoms with Gasteiger partial charge in [0.1, 0.15) is 0 Å². The summed E-state index contributed by atoms with van der Waals surface area (Å²) in [4.78, 5) is 28.8. The van der Waals surface area contributed by atoms with Crippen LogP contribution in [-0.4, -0.2) is 62.0 Å². The highest BCUT2D eigenvalue weighted by atomic mass is 16.5. The summed E-state index contributed by atoms with van der Waals surface area (Å²) in [6.07, 6.45) is 0.999. The average Bonchev–Trinajstić information content (AvgIpc) is 3.36. The number of piperazine rings is 1. The third-order valence-corrected chi connectivity index (χ3v) is 4.94. The Morgan fingerprint density at radius 2 is 1.67 bits per heavy atom. The standard InChI is InChI=1S/C18H24N2O4/c1-12-11-14(12)18(22)20-9-7-19(8-10-20)17(21)13-5-4-6-15(23-2)16(13)24-3/h4-6,12,14H,7-11H2,1-3H3. The summed E-state index contributed by atoms with van der Waals surface area (Å²) in [6, 6.07) is 5.29. The topological polar surface area (TPSA) is 59.1 Å². The van der Waals surface area contributed by atoms with Gasteiger partial charge in [0.25, 0.3) is 5.91 Å². The van der Waals surface area contributed by atoms with Crippen LogP contribution in [0.25, 0.3) is 0 Å². The van der Waals surface area contributed by atoms with Gasteiger partial charge in [0, 0.05) is 32.1 Å². The largest absolute Gasteiger partial charge is 0.493 e. The maximum Gasteiger partial charge on any atom is 0.257 e. The molecule has 24 heavy (non-hydrogen) atoms. The number of methoxy groups -OCH3 is 2. The Kier molecular flexibility index (Phi) is 4.64. The SMILES string of the molecule is COc1cccc(C(=O)N2CCN(C(=O)C3CC3C)CC2)c1OC. The number of carbonyl (C=O) groups excluding carboxylic acids is 2. The Bertz CT molecular complexity index is 638. The monoisotopic (exact) mass is 332 g/mol. The molecule has 2 aliphatic rings. The maximum absolute atomic E-state index is 12.8. The van der Waals surface area contributed by atoms with Crippen LogP contribution in [0.1, 0.15) is 23.7 Å². The van der Waals surface area contributed by atoms with Gasteiger partial charge in [-0.3, -0.25) is 9.59 Å². The number of ether oxygens (including phenoxy) is 2. The summed E-state index contributed by atoms with van der Waals surface area (Å²) in [7, 11) is 3.08. The third-order valence-electron chi connectivity index (χ3n) is 4.94. The quantitative estimate of drug-likeness (QED) is 0.841. The fourth-order valence-corrected chi connectivity index (χ4v) is 3.26. The molecule has 6 heteroatoms. The summed E-state index contributed by atoms with van der Waals surface area (Å²) < 4.78 is 10.6. The van der Waals surface area contributed by atoms with E-state index >= 15 is 0 Å². The first kappa shape index (κ1) is 16.6. The van der Waals surface area contributed by atoms with Crippen molar-refractivity contribution in [2.75, 3.05) is 40.4 Å². The number of hydrogen-bond donors (Lipinski definition) is 0. The molecule has 0 bridgehead atoms. The second kappa shape index (κ2) is 6.71. The van der Waals surface area contributed by atoms with Crippen LogP contribution in [0.15, 0.2) is 18.2 Å². The van der Waals surface area contributed by atoms with Gasteiger partial charge in [-0.1, -0.05) is 13.0 Å². The van der Waals surface area contributed by atoms with Crippen molar-refractivity contribution in [2.45, 2.75) is 13.3 Å². The van der Waals surface area contributed by atoms with E-state index in [0.717, 1.165) is 6.42 Å². The predicted molar refractivity (Wildman–Crippen MR) is 89.3 cm³/mol. The highest BCUT2D eigenvalue weighted by Gasteiger charge is 2.42. The van der Waals surface area contributed by atoms with Crippen molar-refractivity contribution in [3.8, 4) is 11.5 Å². The zero-order valence-corrected chi connectivity index (χ0v) is 14.4. The molecular weight excluding hydrogens is 308 g/mol. The molecule has 3 rings (SSSR count). The van der Waals surface area contributed by atoms with Crippen molar-refractivity contribution < 1.29 is 19.1 Å². The van der Waals surface area contributed by atoms with Crippen LogP contribution in [0, 0.1) is 11.8 Å². The smallest absolute Gasteiger partial charge is 0.257 e. The molecule has 2 atom stereocenters. The predicted octanol–water partition coefficient (Wildman–Crippen LogP) is 1.64. The van der Waals surface area contributed by atoms with Crippen LogP contribution in [0.4, 0.5) is 0 Å². The zero-order chi connectivity index (χ0) is 17.3. The first-order valence-corrected chi connectivity index (χ1v) is 8.35. The Hall–Kier alpha value is -2.24. The Morgan fingerprint density at radius 1 is 1.04 bits per heavy atom. The van der Waals surface area contributed by atoms with Crippen LogP contribution >= 0.6 is 0 Å². The minimum Gasteiger partial charge on any atom is -0.493 e. The number of rotatable bonds is 4. The number of amides is 2. The molecule has 130 valence electrons. The number of carbonyl (C=O) groups is 2. The van der Waals surface area contributed by atoms with Gasteiger partial charge in [-0.15, -0.1) is 0 Å². The molecule has 1 saturated heterocycles. The summed E-state index contributed by atoms with van der Waals surface area (Å²) in [5, 5.41) is 0. The Balaban J connectivity index is 1.66. The molecule has 1 aliphatic heterocycles. The molecule has 1 aliphatic carbocycles. The average molecular weight is 332 g/mol. The van der Waals surface area contributed by atoms with E-state index in [2.05, 4.69) is 6.92 Å². The lowest BCUT2D eigenvalue weighted by Gasteiger charge is -2.35. The summed E-state index contributed by atoms with van der Waals surface area (Å²) >= 11 is 0. The molecule has 1 aromatic rings. The lowest BCUT2D eigenvalue weighted by molar-refractivity contribution is -0.134. The van der Waals surface area contributed by atoms with E-state index in [1.165, 1.54) is 7.11 Å².